The van der Waals surface area contributed by atoms with E-state index in [0.29, 0.717) is 38.3 Å². The van der Waals surface area contributed by atoms with Crippen molar-refractivity contribution < 1.29 is 29.0 Å². The number of nitrogens with zero attached hydrogens (tertiary/aromatic N) is 6. The van der Waals surface area contributed by atoms with Crippen molar-refractivity contribution in [1.29, 1.82) is 0 Å². The molecular weight excluding hydrogens is 747 g/mol. The molecule has 304 valence electrons. The number of aromatic nitrogens is 1. The number of fused-ring (bicyclic) bond motifs is 2. The van der Waals surface area contributed by atoms with E-state index in [-0.39, 0.29) is 68.4 Å². The van der Waals surface area contributed by atoms with Gasteiger partial charge in [-0.05, 0) is 52.9 Å². The lowest BCUT2D eigenvalue weighted by atomic mass is 9.97. The van der Waals surface area contributed by atoms with Gasteiger partial charge >= 0.3 is 0 Å². The first kappa shape index (κ1) is 39.5. The number of carbonyl (C=O) groups excluding carboxylic acids is 4. The van der Waals surface area contributed by atoms with Crippen molar-refractivity contribution in [3.05, 3.63) is 138 Å². The van der Waals surface area contributed by atoms with Crippen LogP contribution in [0.4, 0.5) is 0 Å². The molecule has 0 bridgehead atoms. The number of hydrazine groups is 2. The fourth-order valence-electron chi connectivity index (χ4n) is 8.57. The van der Waals surface area contributed by atoms with Crippen LogP contribution in [-0.2, 0) is 45.6 Å². The van der Waals surface area contributed by atoms with Gasteiger partial charge in [0.25, 0.3) is 5.91 Å². The third-order valence-corrected chi connectivity index (χ3v) is 11.4. The van der Waals surface area contributed by atoms with E-state index in [1.165, 1.54) is 0 Å². The number of aryl methyl sites for hydroxylation is 2. The summed E-state index contributed by atoms with van der Waals surface area (Å²) in [5.74, 6) is -0.660. The van der Waals surface area contributed by atoms with Crippen LogP contribution >= 0.6 is 0 Å². The number of rotatable bonds is 12. The predicted octanol–water partition coefficient (Wildman–Crippen LogP) is 4.51. The molecule has 13 nitrogen and oxygen atoms in total. The summed E-state index contributed by atoms with van der Waals surface area (Å²) in [7, 11) is 1.98. The molecule has 3 fully saturated rings. The standard InChI is InChI=1S/C46H49N7O6/c1-3-22-51-31-43(56)52-40(27-33-12-19-37(54)20-13-33)46(58)49(30-41(52)53(51)42(55)21-14-32-8-5-4-6-9-32)28-36-10-7-11-38-39(29-48(2)44(36)38)34-15-17-35(18-16-34)45(57)47-50-23-25-59-26-24-50/h3-13,15-20,29,40-41,54H,1,14,21-28,30-31H2,2H3,(H,47,57)/t40-,41-/m0/s1. The molecule has 13 heteroatoms. The highest BCUT2D eigenvalue weighted by molar-refractivity contribution is 5.99. The molecule has 5 aromatic rings. The maximum Gasteiger partial charge on any atom is 0.265 e. The van der Waals surface area contributed by atoms with E-state index < -0.39 is 12.2 Å². The Labute approximate surface area is 343 Å². The number of phenols is 1. The average molecular weight is 796 g/mol. The molecule has 0 radical (unpaired) electrons. The first-order chi connectivity index (χ1) is 28.7. The van der Waals surface area contributed by atoms with Gasteiger partial charge in [-0.25, -0.2) is 15.0 Å². The number of hydrogen-bond acceptors (Lipinski definition) is 8. The summed E-state index contributed by atoms with van der Waals surface area (Å²) in [5.41, 5.74) is 9.13. The number of hydrogen-bond donors (Lipinski definition) is 2. The van der Waals surface area contributed by atoms with E-state index in [4.69, 9.17) is 4.74 Å². The summed E-state index contributed by atoms with van der Waals surface area (Å²) in [4.78, 5) is 59.6. The second-order valence-corrected chi connectivity index (χ2v) is 15.3. The molecule has 2 N–H and O–H groups in total. The third-order valence-electron chi connectivity index (χ3n) is 11.4. The quantitative estimate of drug-likeness (QED) is 0.177. The Balaban J connectivity index is 1.10. The highest BCUT2D eigenvalue weighted by Gasteiger charge is 2.51. The number of ether oxygens (including phenoxy) is 1. The van der Waals surface area contributed by atoms with Crippen molar-refractivity contribution in [2.75, 3.05) is 45.9 Å². The monoisotopic (exact) mass is 795 g/mol. The van der Waals surface area contributed by atoms with Gasteiger partial charge in [-0.2, -0.15) is 0 Å². The van der Waals surface area contributed by atoms with Crippen LogP contribution in [0.15, 0.2) is 116 Å². The first-order valence-electron chi connectivity index (χ1n) is 20.1. The minimum absolute atomic E-state index is 0.0656. The smallest absolute Gasteiger partial charge is 0.265 e. The number of amides is 4. The van der Waals surface area contributed by atoms with Gasteiger partial charge in [0.1, 0.15) is 18.0 Å². The van der Waals surface area contributed by atoms with Crippen LogP contribution in [0.1, 0.15) is 33.5 Å². The number of phenolic OH excluding ortho intramolecular Hbond substituents is 1. The Morgan fingerprint density at radius 1 is 0.915 bits per heavy atom. The zero-order chi connectivity index (χ0) is 41.0. The molecule has 0 spiro atoms. The largest absolute Gasteiger partial charge is 0.508 e. The molecule has 0 saturated carbocycles. The lowest BCUT2D eigenvalue weighted by Gasteiger charge is -2.55. The lowest BCUT2D eigenvalue weighted by Crippen LogP contribution is -2.75. The second-order valence-electron chi connectivity index (χ2n) is 15.3. The third kappa shape index (κ3) is 8.35. The Bertz CT molecular complexity index is 2340. The molecule has 3 aliphatic heterocycles. The predicted molar refractivity (Wildman–Crippen MR) is 223 cm³/mol. The molecule has 4 heterocycles. The van der Waals surface area contributed by atoms with Crippen LogP contribution in [-0.4, -0.2) is 116 Å². The van der Waals surface area contributed by atoms with Crippen molar-refractivity contribution in [2.45, 2.75) is 38.0 Å². The van der Waals surface area contributed by atoms with Crippen LogP contribution < -0.4 is 5.43 Å². The molecule has 3 saturated heterocycles. The van der Waals surface area contributed by atoms with Crippen molar-refractivity contribution >= 4 is 34.5 Å². The maximum atomic E-state index is 14.8. The molecule has 2 atom stereocenters. The van der Waals surface area contributed by atoms with Crippen LogP contribution in [0.25, 0.3) is 22.0 Å². The summed E-state index contributed by atoms with van der Waals surface area (Å²) in [6.45, 7) is 6.92. The number of morpholine rings is 1. The van der Waals surface area contributed by atoms with Crippen LogP contribution in [0.3, 0.4) is 0 Å². The zero-order valence-electron chi connectivity index (χ0n) is 33.2. The Morgan fingerprint density at radius 2 is 1.66 bits per heavy atom. The SMILES string of the molecule is C=CCN1CC(=O)N2[C@@H](Cc3ccc(O)cc3)C(=O)N(Cc3cccc4c(-c5ccc(C(=O)NN6CCOCC6)cc5)cn(C)c34)C[C@@H]2N1C(=O)CCc1ccccc1. The van der Waals surface area contributed by atoms with Gasteiger partial charge in [0.15, 0.2) is 0 Å². The molecule has 3 aliphatic rings. The van der Waals surface area contributed by atoms with Gasteiger partial charge in [-0.3, -0.25) is 24.6 Å². The molecule has 4 amide bonds. The molecular formula is C46H49N7O6. The van der Waals surface area contributed by atoms with Crippen LogP contribution in [0, 0.1) is 0 Å². The second kappa shape index (κ2) is 17.3. The molecule has 0 unspecified atom stereocenters. The lowest BCUT2D eigenvalue weighted by molar-refractivity contribution is -0.205. The van der Waals surface area contributed by atoms with Crippen LogP contribution in [0.2, 0.25) is 0 Å². The first-order valence-corrected chi connectivity index (χ1v) is 20.1. The topological polar surface area (TPSA) is 131 Å². The number of aromatic hydroxyl groups is 1. The zero-order valence-corrected chi connectivity index (χ0v) is 33.2. The van der Waals surface area contributed by atoms with Gasteiger partial charge in [0.05, 0.1) is 31.8 Å². The Kier molecular flexibility index (Phi) is 11.6. The van der Waals surface area contributed by atoms with Crippen molar-refractivity contribution in [3.8, 4) is 16.9 Å². The minimum atomic E-state index is -0.886. The average Bonchev–Trinajstić information content (AvgIpc) is 3.59. The molecule has 59 heavy (non-hydrogen) atoms. The fourth-order valence-corrected chi connectivity index (χ4v) is 8.57. The van der Waals surface area contributed by atoms with E-state index in [9.17, 15) is 24.3 Å². The molecule has 1 aromatic heterocycles. The molecule has 4 aromatic carbocycles. The normalized spacial score (nSPS) is 18.9. The maximum absolute atomic E-state index is 14.8. The summed E-state index contributed by atoms with van der Waals surface area (Å²) < 4.78 is 7.45. The van der Waals surface area contributed by atoms with E-state index in [1.807, 2.05) is 78.8 Å². The van der Waals surface area contributed by atoms with Gasteiger partial charge in [-0.1, -0.05) is 78.9 Å². The van der Waals surface area contributed by atoms with Crippen molar-refractivity contribution in [2.24, 2.45) is 7.05 Å². The summed E-state index contributed by atoms with van der Waals surface area (Å²) in [6, 6.07) is 29.2. The summed E-state index contributed by atoms with van der Waals surface area (Å²) in [6.07, 6.45) is 3.95. The molecule has 0 aliphatic carbocycles. The minimum Gasteiger partial charge on any atom is -0.508 e. The Morgan fingerprint density at radius 3 is 2.39 bits per heavy atom. The number of benzene rings is 4. The summed E-state index contributed by atoms with van der Waals surface area (Å²) >= 11 is 0. The number of nitrogens with one attached hydrogen (secondary N) is 1. The fraction of sp³-hybridized carbons (Fsp3) is 0.304. The highest BCUT2D eigenvalue weighted by Crippen LogP contribution is 2.35. The van der Waals surface area contributed by atoms with Crippen molar-refractivity contribution in [1.82, 2.24) is 34.8 Å². The number of carbonyl (C=O) groups is 4. The van der Waals surface area contributed by atoms with E-state index in [1.54, 1.807) is 50.2 Å². The number of piperazine rings is 1. The number of para-hydroxylation sites is 1. The van der Waals surface area contributed by atoms with Gasteiger partial charge < -0.3 is 24.2 Å². The van der Waals surface area contributed by atoms with E-state index >= 15 is 0 Å². The summed E-state index contributed by atoms with van der Waals surface area (Å²) in [5, 5.41) is 16.3. The Hall–Kier alpha value is -6.28. The van der Waals surface area contributed by atoms with Crippen LogP contribution in [0.5, 0.6) is 5.75 Å². The van der Waals surface area contributed by atoms with Crippen molar-refractivity contribution in [3.63, 3.8) is 0 Å². The van der Waals surface area contributed by atoms with Gasteiger partial charge in [-0.15, -0.1) is 6.58 Å². The highest BCUT2D eigenvalue weighted by atomic mass is 16.5. The van der Waals surface area contributed by atoms with E-state index in [0.717, 1.165) is 38.7 Å². The van der Waals surface area contributed by atoms with Gasteiger partial charge in [0, 0.05) is 68.8 Å². The van der Waals surface area contributed by atoms with E-state index in [2.05, 4.69) is 28.8 Å². The van der Waals surface area contributed by atoms with Gasteiger partial charge in [0.2, 0.25) is 17.7 Å². The molecule has 8 rings (SSSR count).